The van der Waals surface area contributed by atoms with E-state index in [1.165, 1.54) is 11.8 Å². The van der Waals surface area contributed by atoms with E-state index in [4.69, 9.17) is 5.73 Å². The van der Waals surface area contributed by atoms with Crippen molar-refractivity contribution < 1.29 is 9.90 Å². The minimum Gasteiger partial charge on any atom is -0.508 e. The highest BCUT2D eigenvalue weighted by Gasteiger charge is 2.42. The molecule has 0 amide bonds. The summed E-state index contributed by atoms with van der Waals surface area (Å²) in [5.74, 6) is 0.996. The van der Waals surface area contributed by atoms with Crippen LogP contribution in [0.25, 0.3) is 0 Å². The van der Waals surface area contributed by atoms with E-state index in [2.05, 4.69) is 29.1 Å². The summed E-state index contributed by atoms with van der Waals surface area (Å²) in [7, 11) is 0. The second kappa shape index (κ2) is 6.27. The summed E-state index contributed by atoms with van der Waals surface area (Å²) in [4.78, 5) is 22.1. The lowest BCUT2D eigenvalue weighted by Crippen LogP contribution is -2.34. The molecular weight excluding hydrogens is 360 g/mol. The smallest absolute Gasteiger partial charge is 0.191 e. The van der Waals surface area contributed by atoms with Gasteiger partial charge in [0.2, 0.25) is 0 Å². The monoisotopic (exact) mass is 382 g/mol. The first-order valence-corrected chi connectivity index (χ1v) is 10.0. The third-order valence-electron chi connectivity index (χ3n) is 5.13. The number of allylic oxidation sites excluding steroid dienone is 2. The third kappa shape index (κ3) is 3.06. The Morgan fingerprint density at radius 1 is 1.22 bits per heavy atom. The molecule has 2 aromatic rings. The van der Waals surface area contributed by atoms with Crippen molar-refractivity contribution in [3.63, 3.8) is 0 Å². The van der Waals surface area contributed by atoms with Gasteiger partial charge in [-0.15, -0.1) is 0 Å². The number of aromatic nitrogens is 2. The van der Waals surface area contributed by atoms with Crippen molar-refractivity contribution in [3.05, 3.63) is 46.7 Å². The molecule has 0 saturated carbocycles. The predicted octanol–water partition coefficient (Wildman–Crippen LogP) is 3.69. The Kier molecular flexibility index (Phi) is 4.14. The molecule has 0 bridgehead atoms. The molecule has 6 nitrogen and oxygen atoms in total. The van der Waals surface area contributed by atoms with Crippen LogP contribution in [0, 0.1) is 5.41 Å². The number of thioether (sulfide) groups is 1. The van der Waals surface area contributed by atoms with Crippen molar-refractivity contribution in [1.29, 1.82) is 0 Å². The number of carbonyl (C=O) groups is 1. The standard InChI is InChI=1S/C20H22N4O2S/c1-20(2)8-12-15(13(26)9-20)14(10-4-6-11(25)7-5-10)16-17(21)23-19(27-3)24-18(16)22-12/h4-7,14,25H,8-9H2,1-3H3,(H3,21,22,23,24)/t14-/m1/s1. The molecule has 2 aliphatic rings. The zero-order chi connectivity index (χ0) is 19.3. The van der Waals surface area contributed by atoms with E-state index in [9.17, 15) is 9.90 Å². The number of phenols is 1. The lowest BCUT2D eigenvalue weighted by Gasteiger charge is -2.39. The van der Waals surface area contributed by atoms with Crippen molar-refractivity contribution in [2.75, 3.05) is 17.3 Å². The van der Waals surface area contributed by atoms with E-state index in [-0.39, 0.29) is 22.9 Å². The number of fused-ring (bicyclic) bond motifs is 1. The molecule has 1 atom stereocenters. The maximum Gasteiger partial charge on any atom is 0.191 e. The summed E-state index contributed by atoms with van der Waals surface area (Å²) in [5.41, 5.74) is 9.46. The molecule has 1 aromatic carbocycles. The number of Topliss-reactive ketones (excluding diaryl/α,β-unsaturated/α-hetero) is 1. The van der Waals surface area contributed by atoms with Gasteiger partial charge in [-0.2, -0.15) is 0 Å². The van der Waals surface area contributed by atoms with Crippen LogP contribution in [0.1, 0.15) is 43.7 Å². The molecule has 2 heterocycles. The highest BCUT2D eigenvalue weighted by atomic mass is 32.2. The number of hydrogen-bond acceptors (Lipinski definition) is 7. The molecule has 1 aromatic heterocycles. The van der Waals surface area contributed by atoms with Gasteiger partial charge >= 0.3 is 0 Å². The maximum absolute atomic E-state index is 13.1. The Morgan fingerprint density at radius 2 is 1.93 bits per heavy atom. The molecule has 0 saturated heterocycles. The van der Waals surface area contributed by atoms with E-state index >= 15 is 0 Å². The third-order valence-corrected chi connectivity index (χ3v) is 5.68. The molecule has 4 rings (SSSR count). The van der Waals surface area contributed by atoms with Crippen LogP contribution >= 0.6 is 11.8 Å². The molecule has 0 spiro atoms. The number of nitrogens with one attached hydrogen (secondary N) is 1. The van der Waals surface area contributed by atoms with Crippen molar-refractivity contribution in [2.24, 2.45) is 5.41 Å². The van der Waals surface area contributed by atoms with Crippen LogP contribution < -0.4 is 11.1 Å². The average molecular weight is 382 g/mol. The number of nitrogen functional groups attached to an aromatic ring is 1. The number of nitrogens with two attached hydrogens (primary N) is 1. The van der Waals surface area contributed by atoms with Gasteiger partial charge in [-0.3, -0.25) is 4.79 Å². The minimum atomic E-state index is -0.337. The molecular formula is C20H22N4O2S. The fraction of sp³-hybridized carbons (Fsp3) is 0.350. The number of hydrogen-bond donors (Lipinski definition) is 3. The van der Waals surface area contributed by atoms with Crippen molar-refractivity contribution in [2.45, 2.75) is 37.8 Å². The summed E-state index contributed by atoms with van der Waals surface area (Å²) >= 11 is 1.43. The average Bonchev–Trinajstić information content (AvgIpc) is 2.59. The highest BCUT2D eigenvalue weighted by Crippen LogP contribution is 2.50. The lowest BCUT2D eigenvalue weighted by atomic mass is 9.69. The first kappa shape index (κ1) is 17.9. The van der Waals surface area contributed by atoms with E-state index in [0.29, 0.717) is 23.2 Å². The lowest BCUT2D eigenvalue weighted by molar-refractivity contribution is -0.118. The molecule has 7 heteroatoms. The molecule has 0 radical (unpaired) electrons. The van der Waals surface area contributed by atoms with Crippen LogP contribution in [0.4, 0.5) is 11.6 Å². The topological polar surface area (TPSA) is 101 Å². The van der Waals surface area contributed by atoms with Crippen molar-refractivity contribution in [1.82, 2.24) is 9.97 Å². The molecule has 4 N–H and O–H groups in total. The van der Waals surface area contributed by atoms with Gasteiger partial charge in [0.25, 0.3) is 0 Å². The van der Waals surface area contributed by atoms with Crippen LogP contribution in [-0.4, -0.2) is 27.1 Å². The second-order valence-corrected chi connectivity index (χ2v) is 8.61. The van der Waals surface area contributed by atoms with Crippen LogP contribution in [0.5, 0.6) is 5.75 Å². The van der Waals surface area contributed by atoms with Crippen LogP contribution in [0.2, 0.25) is 0 Å². The van der Waals surface area contributed by atoms with Gasteiger partial charge < -0.3 is 16.2 Å². The Balaban J connectivity index is 1.96. The summed E-state index contributed by atoms with van der Waals surface area (Å²) < 4.78 is 0. The summed E-state index contributed by atoms with van der Waals surface area (Å²) in [6.45, 7) is 4.20. The largest absolute Gasteiger partial charge is 0.508 e. The number of phenolic OH excluding ortho intramolecular Hbond substituents is 1. The number of nitrogens with zero attached hydrogens (tertiary/aromatic N) is 2. The Morgan fingerprint density at radius 3 is 2.59 bits per heavy atom. The number of benzene rings is 1. The van der Waals surface area contributed by atoms with Crippen LogP contribution in [0.15, 0.2) is 40.7 Å². The summed E-state index contributed by atoms with van der Waals surface area (Å²) in [6.07, 6.45) is 3.15. The molecule has 140 valence electrons. The number of carbonyl (C=O) groups excluding carboxylic acids is 1. The molecule has 0 fully saturated rings. The SMILES string of the molecule is CSc1nc(N)c2c(n1)NC1=C(C(=O)CC(C)(C)C1)[C@H]2c1ccc(O)cc1. The van der Waals surface area contributed by atoms with E-state index < -0.39 is 0 Å². The zero-order valence-electron chi connectivity index (χ0n) is 15.5. The fourth-order valence-corrected chi connectivity index (χ4v) is 4.38. The quantitative estimate of drug-likeness (QED) is 0.538. The summed E-state index contributed by atoms with van der Waals surface area (Å²) in [5, 5.41) is 13.7. The number of anilines is 2. The predicted molar refractivity (Wildman–Crippen MR) is 107 cm³/mol. The fourth-order valence-electron chi connectivity index (χ4n) is 4.01. The summed E-state index contributed by atoms with van der Waals surface area (Å²) in [6, 6.07) is 6.91. The van der Waals surface area contributed by atoms with E-state index in [0.717, 1.165) is 28.8 Å². The van der Waals surface area contributed by atoms with Gasteiger partial charge in [0.15, 0.2) is 10.9 Å². The number of rotatable bonds is 2. The van der Waals surface area contributed by atoms with Gasteiger partial charge in [-0.05, 0) is 35.8 Å². The van der Waals surface area contributed by atoms with Crippen molar-refractivity contribution >= 4 is 29.2 Å². The Bertz CT molecular complexity index is 967. The number of ketones is 1. The molecule has 0 unspecified atom stereocenters. The van der Waals surface area contributed by atoms with Gasteiger partial charge in [-0.25, -0.2) is 9.97 Å². The first-order valence-electron chi connectivity index (χ1n) is 8.82. The molecule has 1 aliphatic heterocycles. The highest BCUT2D eigenvalue weighted by molar-refractivity contribution is 7.98. The molecule has 1 aliphatic carbocycles. The van der Waals surface area contributed by atoms with E-state index in [1.807, 2.05) is 18.4 Å². The Labute approximate surface area is 162 Å². The second-order valence-electron chi connectivity index (χ2n) is 7.84. The van der Waals surface area contributed by atoms with Crippen LogP contribution in [-0.2, 0) is 4.79 Å². The first-order chi connectivity index (χ1) is 12.8. The maximum atomic E-state index is 13.1. The zero-order valence-corrected chi connectivity index (χ0v) is 16.4. The van der Waals surface area contributed by atoms with Crippen molar-refractivity contribution in [3.8, 4) is 5.75 Å². The van der Waals surface area contributed by atoms with Gasteiger partial charge in [-0.1, -0.05) is 37.7 Å². The number of aromatic hydroxyl groups is 1. The van der Waals surface area contributed by atoms with Gasteiger partial charge in [0, 0.05) is 29.2 Å². The van der Waals surface area contributed by atoms with Gasteiger partial charge in [0.1, 0.15) is 17.4 Å². The van der Waals surface area contributed by atoms with Crippen LogP contribution in [0.3, 0.4) is 0 Å². The Hall–Kier alpha value is -2.54. The van der Waals surface area contributed by atoms with Gasteiger partial charge in [0.05, 0.1) is 0 Å². The molecule has 27 heavy (non-hydrogen) atoms. The minimum absolute atomic E-state index is 0.110. The normalized spacial score (nSPS) is 20.7. The van der Waals surface area contributed by atoms with E-state index in [1.54, 1.807) is 12.1 Å².